The molecule has 0 radical (unpaired) electrons. The predicted molar refractivity (Wildman–Crippen MR) is 105 cm³/mol. The fourth-order valence-corrected chi connectivity index (χ4v) is 2.55. The van der Waals surface area contributed by atoms with Crippen molar-refractivity contribution in [1.29, 1.82) is 0 Å². The van der Waals surface area contributed by atoms with Crippen LogP contribution in [-0.4, -0.2) is 30.7 Å². The van der Waals surface area contributed by atoms with Crippen LogP contribution in [0.25, 0.3) is 0 Å². The zero-order valence-corrected chi connectivity index (χ0v) is 16.6. The number of nitrogens with one attached hydrogen (secondary N) is 2. The van der Waals surface area contributed by atoms with Gasteiger partial charge >= 0.3 is 6.09 Å². The van der Waals surface area contributed by atoms with Crippen molar-refractivity contribution >= 4 is 12.0 Å². The molecule has 0 aliphatic rings. The van der Waals surface area contributed by atoms with Crippen molar-refractivity contribution in [2.75, 3.05) is 13.1 Å². The molecule has 1 aromatic carbocycles. The highest BCUT2D eigenvalue weighted by Gasteiger charge is 2.29. The third kappa shape index (κ3) is 9.44. The van der Waals surface area contributed by atoms with Crippen molar-refractivity contribution in [3.63, 3.8) is 0 Å². The number of alkyl carbamates (subject to hydrolysis) is 1. The molecule has 0 heterocycles. The van der Waals surface area contributed by atoms with Gasteiger partial charge in [0.1, 0.15) is 5.60 Å². The molecule has 1 rings (SSSR count). The predicted octanol–water partition coefficient (Wildman–Crippen LogP) is 4.07. The van der Waals surface area contributed by atoms with E-state index in [0.29, 0.717) is 31.8 Å². The van der Waals surface area contributed by atoms with Gasteiger partial charge in [-0.2, -0.15) is 0 Å². The number of amides is 2. The van der Waals surface area contributed by atoms with Crippen LogP contribution in [-0.2, 0) is 16.0 Å². The van der Waals surface area contributed by atoms with Crippen LogP contribution in [0, 0.1) is 5.92 Å². The number of ether oxygens (including phenoxy) is 1. The molecule has 1 atom stereocenters. The third-order valence-corrected chi connectivity index (χ3v) is 4.20. The van der Waals surface area contributed by atoms with Crippen molar-refractivity contribution < 1.29 is 14.3 Å². The van der Waals surface area contributed by atoms with Crippen LogP contribution in [0.15, 0.2) is 30.3 Å². The van der Waals surface area contributed by atoms with E-state index >= 15 is 0 Å². The molecule has 0 saturated carbocycles. The second-order valence-corrected chi connectivity index (χ2v) is 7.48. The van der Waals surface area contributed by atoms with Gasteiger partial charge in [-0.15, -0.1) is 0 Å². The number of benzene rings is 1. The smallest absolute Gasteiger partial charge is 0.407 e. The molecule has 1 unspecified atom stereocenters. The largest absolute Gasteiger partial charge is 0.441 e. The number of carbonyl (C=O) groups excluding carboxylic acids is 2. The molecule has 5 heteroatoms. The van der Waals surface area contributed by atoms with Crippen LogP contribution in [0.1, 0.15) is 58.9 Å². The number of aryl methyl sites for hydroxylation is 1. The fraction of sp³-hybridized carbons (Fsp3) is 0.619. The van der Waals surface area contributed by atoms with Gasteiger partial charge in [0.05, 0.1) is 6.54 Å². The monoisotopic (exact) mass is 362 g/mol. The van der Waals surface area contributed by atoms with Gasteiger partial charge < -0.3 is 15.4 Å². The lowest BCUT2D eigenvalue weighted by molar-refractivity contribution is -0.122. The molecule has 0 spiro atoms. The van der Waals surface area contributed by atoms with Crippen molar-refractivity contribution in [1.82, 2.24) is 10.6 Å². The standard InChI is InChI=1S/C21H34N2O3/c1-5-6-14-21(4,26-20(25)22-15-17(2)3)16-23-19(24)13-12-18-10-8-7-9-11-18/h7-11,17H,5-6,12-16H2,1-4H3,(H,22,25)(H,23,24). The first-order chi connectivity index (χ1) is 12.3. The van der Waals surface area contributed by atoms with Crippen LogP contribution in [0.5, 0.6) is 0 Å². The van der Waals surface area contributed by atoms with Gasteiger partial charge in [0.15, 0.2) is 0 Å². The van der Waals surface area contributed by atoms with Crippen molar-refractivity contribution in [3.8, 4) is 0 Å². The molecule has 0 aliphatic heterocycles. The summed E-state index contributed by atoms with van der Waals surface area (Å²) in [6.45, 7) is 8.95. The second kappa shape index (κ2) is 11.6. The van der Waals surface area contributed by atoms with Gasteiger partial charge in [0.25, 0.3) is 0 Å². The maximum absolute atomic E-state index is 12.2. The van der Waals surface area contributed by atoms with Gasteiger partial charge in [-0.1, -0.05) is 57.5 Å². The number of rotatable bonds is 11. The minimum atomic E-state index is -0.695. The van der Waals surface area contributed by atoms with E-state index in [9.17, 15) is 9.59 Å². The Bertz CT molecular complexity index is 545. The third-order valence-electron chi connectivity index (χ3n) is 4.20. The lowest BCUT2D eigenvalue weighted by Crippen LogP contribution is -2.46. The van der Waals surface area contributed by atoms with Crippen LogP contribution in [0.4, 0.5) is 4.79 Å². The van der Waals surface area contributed by atoms with Gasteiger partial charge in [0.2, 0.25) is 5.91 Å². The SMILES string of the molecule is CCCCC(C)(CNC(=O)CCc1ccccc1)OC(=O)NCC(C)C. The summed E-state index contributed by atoms with van der Waals surface area (Å²) in [6.07, 6.45) is 3.37. The highest BCUT2D eigenvalue weighted by atomic mass is 16.6. The van der Waals surface area contributed by atoms with Crippen LogP contribution in [0.3, 0.4) is 0 Å². The minimum absolute atomic E-state index is 0.0252. The average molecular weight is 363 g/mol. The van der Waals surface area contributed by atoms with Crippen LogP contribution in [0.2, 0.25) is 0 Å². The number of hydrogen-bond acceptors (Lipinski definition) is 3. The highest BCUT2D eigenvalue weighted by Crippen LogP contribution is 2.18. The van der Waals surface area contributed by atoms with Crippen molar-refractivity contribution in [2.24, 2.45) is 5.92 Å². The van der Waals surface area contributed by atoms with Gasteiger partial charge in [-0.05, 0) is 37.7 Å². The normalized spacial score (nSPS) is 13.1. The van der Waals surface area contributed by atoms with E-state index in [2.05, 4.69) is 17.6 Å². The summed E-state index contributed by atoms with van der Waals surface area (Å²) in [7, 11) is 0. The molecule has 0 aromatic heterocycles. The van der Waals surface area contributed by atoms with E-state index < -0.39 is 11.7 Å². The number of unbranched alkanes of at least 4 members (excludes halogenated alkanes) is 1. The Balaban J connectivity index is 2.48. The lowest BCUT2D eigenvalue weighted by Gasteiger charge is -2.30. The molecule has 2 N–H and O–H groups in total. The topological polar surface area (TPSA) is 67.4 Å². The van der Waals surface area contributed by atoms with Gasteiger partial charge in [-0.3, -0.25) is 4.79 Å². The minimum Gasteiger partial charge on any atom is -0.441 e. The molecule has 5 nitrogen and oxygen atoms in total. The summed E-state index contributed by atoms with van der Waals surface area (Å²) >= 11 is 0. The number of hydrogen-bond donors (Lipinski definition) is 2. The Hall–Kier alpha value is -2.04. The van der Waals surface area contributed by atoms with Gasteiger partial charge in [-0.25, -0.2) is 4.79 Å². The van der Waals surface area contributed by atoms with Gasteiger partial charge in [0, 0.05) is 13.0 Å². The molecule has 146 valence electrons. The Labute approximate surface area is 157 Å². The second-order valence-electron chi connectivity index (χ2n) is 7.48. The van der Waals surface area contributed by atoms with Crippen molar-refractivity contribution in [2.45, 2.75) is 65.4 Å². The summed E-state index contributed by atoms with van der Waals surface area (Å²) in [5, 5.41) is 5.70. The molecule has 2 amide bonds. The molecule has 0 saturated heterocycles. The summed E-state index contributed by atoms with van der Waals surface area (Å²) < 4.78 is 5.64. The summed E-state index contributed by atoms with van der Waals surface area (Å²) in [5.41, 5.74) is 0.445. The Morgan fingerprint density at radius 2 is 1.85 bits per heavy atom. The maximum atomic E-state index is 12.2. The molecular weight excluding hydrogens is 328 g/mol. The van der Waals surface area contributed by atoms with E-state index in [1.54, 1.807) is 0 Å². The highest BCUT2D eigenvalue weighted by molar-refractivity contribution is 5.76. The molecule has 26 heavy (non-hydrogen) atoms. The Morgan fingerprint density at radius 3 is 2.46 bits per heavy atom. The molecule has 0 aliphatic carbocycles. The summed E-state index contributed by atoms with van der Waals surface area (Å²) in [4.78, 5) is 24.2. The van der Waals surface area contributed by atoms with E-state index in [1.807, 2.05) is 51.1 Å². The zero-order chi connectivity index (χ0) is 19.4. The maximum Gasteiger partial charge on any atom is 0.407 e. The Kier molecular flexibility index (Phi) is 9.78. The fourth-order valence-electron chi connectivity index (χ4n) is 2.55. The van der Waals surface area contributed by atoms with Crippen LogP contribution >= 0.6 is 0 Å². The quantitative estimate of drug-likeness (QED) is 0.624. The first-order valence-corrected chi connectivity index (χ1v) is 9.62. The van der Waals surface area contributed by atoms with Crippen LogP contribution < -0.4 is 10.6 Å². The lowest BCUT2D eigenvalue weighted by atomic mass is 9.98. The van der Waals surface area contributed by atoms with E-state index in [0.717, 1.165) is 24.8 Å². The average Bonchev–Trinajstić information content (AvgIpc) is 2.62. The molecular formula is C21H34N2O3. The van der Waals surface area contributed by atoms with Crippen molar-refractivity contribution in [3.05, 3.63) is 35.9 Å². The van der Waals surface area contributed by atoms with E-state index in [1.165, 1.54) is 0 Å². The molecule has 0 fully saturated rings. The molecule has 0 bridgehead atoms. The first kappa shape index (κ1) is 22.0. The number of carbonyl (C=O) groups is 2. The Morgan fingerprint density at radius 1 is 1.15 bits per heavy atom. The van der Waals surface area contributed by atoms with E-state index in [4.69, 9.17) is 4.74 Å². The zero-order valence-electron chi connectivity index (χ0n) is 16.6. The summed E-state index contributed by atoms with van der Waals surface area (Å²) in [5.74, 6) is 0.338. The first-order valence-electron chi connectivity index (χ1n) is 9.62. The molecule has 1 aromatic rings. The van der Waals surface area contributed by atoms with E-state index in [-0.39, 0.29) is 5.91 Å². The summed E-state index contributed by atoms with van der Waals surface area (Å²) in [6, 6.07) is 9.93.